The van der Waals surface area contributed by atoms with Gasteiger partial charge in [0.25, 0.3) is 5.85 Å². The highest BCUT2D eigenvalue weighted by atomic mass is 35.5. The van der Waals surface area contributed by atoms with Crippen molar-refractivity contribution in [2.24, 2.45) is 0 Å². The SMILES string of the molecule is CCCCCCO[P+](=O)C(O)CCl. The van der Waals surface area contributed by atoms with Crippen molar-refractivity contribution in [3.05, 3.63) is 0 Å². The van der Waals surface area contributed by atoms with Gasteiger partial charge in [-0.15, -0.1) is 16.1 Å². The third-order valence-corrected chi connectivity index (χ3v) is 3.21. The molecular formula is C8H17ClO3P+. The van der Waals surface area contributed by atoms with Crippen molar-refractivity contribution in [2.45, 2.75) is 38.5 Å². The van der Waals surface area contributed by atoms with Crippen molar-refractivity contribution in [1.29, 1.82) is 0 Å². The molecule has 0 rings (SSSR count). The van der Waals surface area contributed by atoms with Crippen molar-refractivity contribution in [3.63, 3.8) is 0 Å². The Hall–Kier alpha value is 0.310. The van der Waals surface area contributed by atoms with Gasteiger partial charge in [0.1, 0.15) is 6.61 Å². The lowest BCUT2D eigenvalue weighted by Crippen LogP contribution is -2.03. The molecule has 0 aromatic carbocycles. The molecule has 0 bridgehead atoms. The minimum absolute atomic E-state index is 0.0375. The van der Waals surface area contributed by atoms with Crippen LogP contribution in [-0.2, 0) is 9.09 Å². The van der Waals surface area contributed by atoms with Crippen molar-refractivity contribution in [2.75, 3.05) is 12.5 Å². The molecule has 3 nitrogen and oxygen atoms in total. The van der Waals surface area contributed by atoms with E-state index in [1.54, 1.807) is 0 Å². The molecule has 0 aromatic heterocycles. The first-order valence-corrected chi connectivity index (χ1v) is 6.33. The van der Waals surface area contributed by atoms with Gasteiger partial charge in [0, 0.05) is 0 Å². The number of hydrogen-bond acceptors (Lipinski definition) is 3. The highest BCUT2D eigenvalue weighted by Crippen LogP contribution is 2.28. The maximum absolute atomic E-state index is 11.0. The second-order valence-corrected chi connectivity index (χ2v) is 4.55. The first kappa shape index (κ1) is 13.3. The molecule has 0 saturated heterocycles. The van der Waals surface area contributed by atoms with Crippen LogP contribution in [0.4, 0.5) is 0 Å². The minimum Gasteiger partial charge on any atom is -0.348 e. The summed E-state index contributed by atoms with van der Waals surface area (Å²) in [6.07, 6.45) is 4.30. The van der Waals surface area contributed by atoms with Crippen molar-refractivity contribution >= 4 is 19.6 Å². The van der Waals surface area contributed by atoms with Crippen LogP contribution >= 0.6 is 19.6 Å². The molecule has 0 heterocycles. The minimum atomic E-state index is -1.99. The Labute approximate surface area is 85.3 Å². The normalized spacial score (nSPS) is 14.2. The van der Waals surface area contributed by atoms with Gasteiger partial charge in [-0.2, -0.15) is 0 Å². The lowest BCUT2D eigenvalue weighted by Gasteiger charge is -1.95. The number of aliphatic hydroxyl groups excluding tert-OH is 1. The Bertz CT molecular complexity index is 143. The summed E-state index contributed by atoms with van der Waals surface area (Å²) < 4.78 is 15.9. The van der Waals surface area contributed by atoms with E-state index >= 15 is 0 Å². The molecule has 0 fully saturated rings. The van der Waals surface area contributed by atoms with E-state index in [1.807, 2.05) is 0 Å². The Kier molecular flexibility index (Phi) is 9.10. The molecule has 0 radical (unpaired) electrons. The second kappa shape index (κ2) is 8.89. The number of alkyl halides is 1. The third kappa shape index (κ3) is 7.39. The summed E-state index contributed by atoms with van der Waals surface area (Å²) in [5, 5.41) is 8.99. The molecule has 13 heavy (non-hydrogen) atoms. The molecule has 2 atom stereocenters. The van der Waals surface area contributed by atoms with Crippen molar-refractivity contribution in [1.82, 2.24) is 0 Å². The van der Waals surface area contributed by atoms with Crippen LogP contribution in [0.1, 0.15) is 32.6 Å². The predicted octanol–water partition coefficient (Wildman–Crippen LogP) is 2.88. The standard InChI is InChI=1S/C8H17ClO3P/c1-2-3-4-5-6-12-13(11)8(10)7-9/h8,10H,2-7H2,1H3/q+1. The van der Waals surface area contributed by atoms with E-state index < -0.39 is 13.9 Å². The van der Waals surface area contributed by atoms with E-state index in [0.29, 0.717) is 6.61 Å². The van der Waals surface area contributed by atoms with Crippen LogP contribution in [0.3, 0.4) is 0 Å². The topological polar surface area (TPSA) is 46.5 Å². The summed E-state index contributed by atoms with van der Waals surface area (Å²) in [6.45, 7) is 2.57. The van der Waals surface area contributed by atoms with Crippen LogP contribution < -0.4 is 0 Å². The first-order chi connectivity index (χ1) is 6.22. The van der Waals surface area contributed by atoms with E-state index in [9.17, 15) is 4.57 Å². The van der Waals surface area contributed by atoms with Crippen LogP contribution in [0.15, 0.2) is 0 Å². The van der Waals surface area contributed by atoms with Gasteiger partial charge in [-0.25, -0.2) is 0 Å². The quantitative estimate of drug-likeness (QED) is 0.394. The zero-order chi connectivity index (χ0) is 10.1. The van der Waals surface area contributed by atoms with Crippen molar-refractivity contribution in [3.8, 4) is 0 Å². The van der Waals surface area contributed by atoms with Gasteiger partial charge in [-0.1, -0.05) is 26.2 Å². The molecule has 0 aliphatic carbocycles. The number of halogens is 1. The predicted molar refractivity (Wildman–Crippen MR) is 54.4 cm³/mol. The molecular weight excluding hydrogens is 211 g/mol. The summed E-state index contributed by atoms with van der Waals surface area (Å²) in [7, 11) is -1.99. The number of aliphatic hydroxyl groups is 1. The van der Waals surface area contributed by atoms with Crippen molar-refractivity contribution < 1.29 is 14.2 Å². The molecule has 1 N–H and O–H groups in total. The lowest BCUT2D eigenvalue weighted by atomic mass is 10.2. The van der Waals surface area contributed by atoms with Gasteiger partial charge in [0.2, 0.25) is 0 Å². The van der Waals surface area contributed by atoms with Gasteiger partial charge in [0.15, 0.2) is 0 Å². The average Bonchev–Trinajstić information content (AvgIpc) is 2.16. The maximum Gasteiger partial charge on any atom is 0.541 e. The fourth-order valence-corrected chi connectivity index (χ4v) is 1.76. The van der Waals surface area contributed by atoms with Gasteiger partial charge >= 0.3 is 8.03 Å². The number of hydrogen-bond donors (Lipinski definition) is 1. The van der Waals surface area contributed by atoms with Gasteiger partial charge in [-0.05, 0) is 11.0 Å². The smallest absolute Gasteiger partial charge is 0.348 e. The summed E-state index contributed by atoms with van der Waals surface area (Å²) in [6, 6.07) is 0. The van der Waals surface area contributed by atoms with Crippen LogP contribution in [0.25, 0.3) is 0 Å². The summed E-state index contributed by atoms with van der Waals surface area (Å²) in [4.78, 5) is 0. The molecule has 5 heteroatoms. The molecule has 0 spiro atoms. The lowest BCUT2D eigenvalue weighted by molar-refractivity contribution is 0.232. The molecule has 0 aliphatic heterocycles. The summed E-state index contributed by atoms with van der Waals surface area (Å²) in [5.74, 6) is -1.06. The largest absolute Gasteiger partial charge is 0.541 e. The zero-order valence-corrected chi connectivity index (χ0v) is 9.56. The first-order valence-electron chi connectivity index (χ1n) is 4.55. The Morgan fingerprint density at radius 2 is 2.15 bits per heavy atom. The van der Waals surface area contributed by atoms with Crippen LogP contribution in [0, 0.1) is 0 Å². The molecule has 0 aromatic rings. The molecule has 0 amide bonds. The van der Waals surface area contributed by atoms with E-state index in [-0.39, 0.29) is 5.88 Å². The van der Waals surface area contributed by atoms with Gasteiger partial charge in [-0.3, -0.25) is 0 Å². The molecule has 78 valence electrons. The highest BCUT2D eigenvalue weighted by Gasteiger charge is 2.28. The summed E-state index contributed by atoms with van der Waals surface area (Å²) >= 11 is 5.30. The van der Waals surface area contributed by atoms with Crippen LogP contribution in [0.5, 0.6) is 0 Å². The summed E-state index contributed by atoms with van der Waals surface area (Å²) in [5.41, 5.74) is 0. The van der Waals surface area contributed by atoms with Crippen LogP contribution in [0.2, 0.25) is 0 Å². The van der Waals surface area contributed by atoms with Crippen LogP contribution in [-0.4, -0.2) is 23.4 Å². The van der Waals surface area contributed by atoms with Gasteiger partial charge in [0.05, 0.1) is 5.88 Å². The molecule has 0 saturated carbocycles. The Morgan fingerprint density at radius 1 is 1.46 bits per heavy atom. The Balaban J connectivity index is 3.27. The fraction of sp³-hybridized carbons (Fsp3) is 1.00. The molecule has 0 aliphatic rings. The monoisotopic (exact) mass is 227 g/mol. The maximum atomic E-state index is 11.0. The second-order valence-electron chi connectivity index (χ2n) is 2.81. The Morgan fingerprint density at radius 3 is 2.69 bits per heavy atom. The average molecular weight is 228 g/mol. The van der Waals surface area contributed by atoms with E-state index in [2.05, 4.69) is 6.92 Å². The van der Waals surface area contributed by atoms with E-state index in [4.69, 9.17) is 21.2 Å². The number of rotatable bonds is 8. The van der Waals surface area contributed by atoms with E-state index in [1.165, 1.54) is 0 Å². The molecule has 2 unspecified atom stereocenters. The number of unbranched alkanes of at least 4 members (excludes halogenated alkanes) is 3. The fourth-order valence-electron chi connectivity index (χ4n) is 0.826. The van der Waals surface area contributed by atoms with E-state index in [0.717, 1.165) is 25.7 Å². The highest BCUT2D eigenvalue weighted by molar-refractivity contribution is 7.39. The third-order valence-electron chi connectivity index (χ3n) is 1.60. The zero-order valence-electron chi connectivity index (χ0n) is 7.91. The van der Waals surface area contributed by atoms with Gasteiger partial charge < -0.3 is 5.11 Å².